The van der Waals surface area contributed by atoms with Gasteiger partial charge in [0.05, 0.1) is 5.69 Å². The second-order valence-corrected chi connectivity index (χ2v) is 5.88. The SMILES string of the molecule is CCc1ccc(CNc2cccc(-c3ccn[nH]3)c2)s1. The molecule has 102 valence electrons. The molecule has 1 aromatic carbocycles. The van der Waals surface area contributed by atoms with Crippen LogP contribution in [0.3, 0.4) is 0 Å². The lowest BCUT2D eigenvalue weighted by Crippen LogP contribution is -1.97. The molecule has 0 bridgehead atoms. The first-order valence-electron chi connectivity index (χ1n) is 6.76. The molecule has 0 saturated carbocycles. The first-order valence-corrected chi connectivity index (χ1v) is 7.58. The Balaban J connectivity index is 1.70. The molecule has 0 aliphatic carbocycles. The quantitative estimate of drug-likeness (QED) is 0.732. The van der Waals surface area contributed by atoms with Gasteiger partial charge >= 0.3 is 0 Å². The highest BCUT2D eigenvalue weighted by Gasteiger charge is 2.02. The molecule has 0 fully saturated rings. The van der Waals surface area contributed by atoms with E-state index in [2.05, 4.69) is 58.8 Å². The molecule has 0 atom stereocenters. The third-order valence-corrected chi connectivity index (χ3v) is 4.44. The topological polar surface area (TPSA) is 40.7 Å². The van der Waals surface area contributed by atoms with Crippen LogP contribution in [-0.4, -0.2) is 10.2 Å². The largest absolute Gasteiger partial charge is 0.380 e. The van der Waals surface area contributed by atoms with Crippen LogP contribution >= 0.6 is 11.3 Å². The van der Waals surface area contributed by atoms with Crippen LogP contribution < -0.4 is 5.32 Å². The van der Waals surface area contributed by atoms with Gasteiger partial charge in [-0.25, -0.2) is 0 Å². The average Bonchev–Trinajstić information content (AvgIpc) is 3.17. The minimum absolute atomic E-state index is 0.872. The number of benzene rings is 1. The standard InChI is InChI=1S/C16H17N3S/c1-2-14-6-7-15(20-14)11-17-13-5-3-4-12(10-13)16-8-9-18-19-16/h3-10,17H,2,11H2,1H3,(H,18,19). The fourth-order valence-corrected chi connectivity index (χ4v) is 3.01. The molecule has 3 nitrogen and oxygen atoms in total. The van der Waals surface area contributed by atoms with E-state index < -0.39 is 0 Å². The zero-order valence-electron chi connectivity index (χ0n) is 11.4. The van der Waals surface area contributed by atoms with Crippen LogP contribution in [0.4, 0.5) is 5.69 Å². The van der Waals surface area contributed by atoms with E-state index >= 15 is 0 Å². The number of aromatic nitrogens is 2. The Bertz CT molecular complexity index is 671. The van der Waals surface area contributed by atoms with Crippen molar-refractivity contribution in [3.8, 4) is 11.3 Å². The number of hydrogen-bond donors (Lipinski definition) is 2. The highest BCUT2D eigenvalue weighted by molar-refractivity contribution is 7.12. The van der Waals surface area contributed by atoms with E-state index in [1.54, 1.807) is 6.20 Å². The van der Waals surface area contributed by atoms with Gasteiger partial charge in [0.2, 0.25) is 0 Å². The molecule has 0 aliphatic heterocycles. The molecule has 4 heteroatoms. The maximum atomic E-state index is 3.99. The summed E-state index contributed by atoms with van der Waals surface area (Å²) in [7, 11) is 0. The van der Waals surface area contributed by atoms with Crippen LogP contribution in [0.25, 0.3) is 11.3 Å². The van der Waals surface area contributed by atoms with Crippen molar-refractivity contribution in [3.05, 3.63) is 58.4 Å². The maximum Gasteiger partial charge on any atom is 0.0650 e. The lowest BCUT2D eigenvalue weighted by molar-refractivity contribution is 1.09. The van der Waals surface area contributed by atoms with Gasteiger partial charge in [0, 0.05) is 33.7 Å². The lowest BCUT2D eigenvalue weighted by atomic mass is 10.1. The summed E-state index contributed by atoms with van der Waals surface area (Å²) in [5.74, 6) is 0. The number of nitrogens with one attached hydrogen (secondary N) is 2. The van der Waals surface area contributed by atoms with Crippen LogP contribution in [0.5, 0.6) is 0 Å². The van der Waals surface area contributed by atoms with Crippen molar-refractivity contribution in [3.63, 3.8) is 0 Å². The average molecular weight is 283 g/mol. The third kappa shape index (κ3) is 2.91. The van der Waals surface area contributed by atoms with Gasteiger partial charge in [-0.3, -0.25) is 5.10 Å². The predicted molar refractivity (Wildman–Crippen MR) is 85.0 cm³/mol. The Morgan fingerprint density at radius 1 is 1.15 bits per heavy atom. The summed E-state index contributed by atoms with van der Waals surface area (Å²) in [6, 6.07) is 14.8. The van der Waals surface area contributed by atoms with E-state index in [1.807, 2.05) is 17.4 Å². The second kappa shape index (κ2) is 5.92. The zero-order chi connectivity index (χ0) is 13.8. The summed E-state index contributed by atoms with van der Waals surface area (Å²) in [6.07, 6.45) is 2.88. The van der Waals surface area contributed by atoms with Gasteiger partial charge in [0.1, 0.15) is 0 Å². The van der Waals surface area contributed by atoms with Crippen molar-refractivity contribution in [1.29, 1.82) is 0 Å². The smallest absolute Gasteiger partial charge is 0.0650 e. The number of nitrogens with zero attached hydrogens (tertiary/aromatic N) is 1. The summed E-state index contributed by atoms with van der Waals surface area (Å²) < 4.78 is 0. The fourth-order valence-electron chi connectivity index (χ4n) is 2.11. The van der Waals surface area contributed by atoms with E-state index in [-0.39, 0.29) is 0 Å². The zero-order valence-corrected chi connectivity index (χ0v) is 12.2. The number of aromatic amines is 1. The molecule has 0 saturated heterocycles. The van der Waals surface area contributed by atoms with Gasteiger partial charge in [-0.05, 0) is 36.8 Å². The van der Waals surface area contributed by atoms with Gasteiger partial charge in [-0.2, -0.15) is 5.10 Å². The molecule has 0 aliphatic rings. The van der Waals surface area contributed by atoms with Crippen molar-refractivity contribution in [1.82, 2.24) is 10.2 Å². The first-order chi connectivity index (χ1) is 9.85. The second-order valence-electron chi connectivity index (χ2n) is 4.63. The van der Waals surface area contributed by atoms with Crippen LogP contribution in [0, 0.1) is 0 Å². The fraction of sp³-hybridized carbons (Fsp3) is 0.188. The minimum Gasteiger partial charge on any atom is -0.380 e. The molecule has 2 N–H and O–H groups in total. The normalized spacial score (nSPS) is 10.7. The molecule has 0 amide bonds. The van der Waals surface area contributed by atoms with E-state index in [9.17, 15) is 0 Å². The first kappa shape index (κ1) is 12.9. The molecular weight excluding hydrogens is 266 g/mol. The van der Waals surface area contributed by atoms with Crippen LogP contribution in [0.1, 0.15) is 16.7 Å². The van der Waals surface area contributed by atoms with Gasteiger partial charge < -0.3 is 5.32 Å². The van der Waals surface area contributed by atoms with Gasteiger partial charge in [0.15, 0.2) is 0 Å². The third-order valence-electron chi connectivity index (χ3n) is 3.21. The van der Waals surface area contributed by atoms with E-state index in [0.29, 0.717) is 0 Å². The Hall–Kier alpha value is -2.07. The highest BCUT2D eigenvalue weighted by Crippen LogP contribution is 2.22. The minimum atomic E-state index is 0.872. The van der Waals surface area contributed by atoms with E-state index in [4.69, 9.17) is 0 Å². The maximum absolute atomic E-state index is 3.99. The number of aryl methyl sites for hydroxylation is 1. The molecule has 20 heavy (non-hydrogen) atoms. The van der Waals surface area contributed by atoms with Crippen LogP contribution in [0.2, 0.25) is 0 Å². The summed E-state index contributed by atoms with van der Waals surface area (Å²) in [6.45, 7) is 3.06. The number of thiophene rings is 1. The molecule has 0 spiro atoms. The van der Waals surface area contributed by atoms with E-state index in [1.165, 1.54) is 9.75 Å². The summed E-state index contributed by atoms with van der Waals surface area (Å²) in [5, 5.41) is 10.5. The van der Waals surface area contributed by atoms with Crippen LogP contribution in [-0.2, 0) is 13.0 Å². The van der Waals surface area contributed by atoms with Crippen molar-refractivity contribution in [2.75, 3.05) is 5.32 Å². The highest BCUT2D eigenvalue weighted by atomic mass is 32.1. The number of anilines is 1. The number of H-pyrrole nitrogens is 1. The molecule has 0 radical (unpaired) electrons. The van der Waals surface area contributed by atoms with Gasteiger partial charge in [-0.1, -0.05) is 19.1 Å². The van der Waals surface area contributed by atoms with E-state index in [0.717, 1.165) is 29.9 Å². The molecular formula is C16H17N3S. The molecule has 3 rings (SSSR count). The lowest BCUT2D eigenvalue weighted by Gasteiger charge is -2.06. The Labute approximate surface area is 122 Å². The molecule has 0 unspecified atom stereocenters. The summed E-state index contributed by atoms with van der Waals surface area (Å²) in [5.41, 5.74) is 3.31. The van der Waals surface area contributed by atoms with Crippen molar-refractivity contribution in [2.24, 2.45) is 0 Å². The number of rotatable bonds is 5. The molecule has 2 aromatic heterocycles. The van der Waals surface area contributed by atoms with Crippen molar-refractivity contribution in [2.45, 2.75) is 19.9 Å². The number of hydrogen-bond acceptors (Lipinski definition) is 3. The van der Waals surface area contributed by atoms with Gasteiger partial charge in [0.25, 0.3) is 0 Å². The van der Waals surface area contributed by atoms with Crippen molar-refractivity contribution >= 4 is 17.0 Å². The van der Waals surface area contributed by atoms with Gasteiger partial charge in [-0.15, -0.1) is 11.3 Å². The Kier molecular flexibility index (Phi) is 3.83. The Morgan fingerprint density at radius 3 is 2.80 bits per heavy atom. The monoisotopic (exact) mass is 283 g/mol. The van der Waals surface area contributed by atoms with Crippen LogP contribution in [0.15, 0.2) is 48.7 Å². The summed E-state index contributed by atoms with van der Waals surface area (Å²) in [4.78, 5) is 2.81. The molecule has 2 heterocycles. The predicted octanol–water partition coefficient (Wildman–Crippen LogP) is 4.31. The van der Waals surface area contributed by atoms with Crippen molar-refractivity contribution < 1.29 is 0 Å². The molecule has 3 aromatic rings. The Morgan fingerprint density at radius 2 is 2.05 bits per heavy atom. The summed E-state index contributed by atoms with van der Waals surface area (Å²) >= 11 is 1.88.